The Morgan fingerprint density at radius 3 is 0.947 bits per heavy atom. The lowest BCUT2D eigenvalue weighted by Gasteiger charge is -2.20. The Labute approximate surface area is 469 Å². The topological polar surface area (TPSA) is 95.9 Å². The molecule has 3 N–H and O–H groups in total. The second-order valence-electron chi connectivity index (χ2n) is 23.5. The molecule has 1 amide bonds. The molecule has 2 unspecified atom stereocenters. The molecule has 0 radical (unpaired) electrons. The molecule has 0 aromatic carbocycles. The van der Waals surface area contributed by atoms with E-state index in [9.17, 15) is 19.8 Å². The highest BCUT2D eigenvalue weighted by atomic mass is 16.5. The molecule has 0 rings (SSSR count). The summed E-state index contributed by atoms with van der Waals surface area (Å²) in [6.45, 7) is 4.93. The van der Waals surface area contributed by atoms with Gasteiger partial charge in [0.1, 0.15) is 0 Å². The molecular formula is C69H133NO5. The van der Waals surface area contributed by atoms with Crippen LogP contribution in [0.5, 0.6) is 0 Å². The first-order valence-electron chi connectivity index (χ1n) is 34.1. The summed E-state index contributed by atoms with van der Waals surface area (Å²) in [5.41, 5.74) is 0. The van der Waals surface area contributed by atoms with Gasteiger partial charge in [0.15, 0.2) is 0 Å². The summed E-state index contributed by atoms with van der Waals surface area (Å²) < 4.78 is 5.51. The standard InChI is InChI=1S/C69H133NO5/c1-3-5-7-9-11-13-15-17-19-21-26-31-35-39-43-47-51-55-59-63-69(74)75-64-60-56-52-48-44-40-36-32-28-25-23-24-27-30-34-38-42-46-50-54-58-62-68(73)70-66(65-71)67(72)61-57-53-49-45-41-37-33-29-22-20-18-16-14-12-10-8-6-4-2/h24,27,57,61,66-67,71-72H,3-23,25-26,28-56,58-60,62-65H2,1-2H3,(H,70,73)/b27-24-,61-57+. The zero-order chi connectivity index (χ0) is 54.3. The van der Waals surface area contributed by atoms with Crippen molar-refractivity contribution >= 4 is 11.9 Å². The largest absolute Gasteiger partial charge is 0.466 e. The van der Waals surface area contributed by atoms with Crippen LogP contribution in [0.2, 0.25) is 0 Å². The van der Waals surface area contributed by atoms with E-state index in [1.807, 2.05) is 6.08 Å². The Hall–Kier alpha value is -1.66. The molecule has 0 aliphatic heterocycles. The molecule has 6 nitrogen and oxygen atoms in total. The first-order chi connectivity index (χ1) is 37.0. The second kappa shape index (κ2) is 64.9. The first-order valence-corrected chi connectivity index (χ1v) is 34.1. The van der Waals surface area contributed by atoms with Crippen LogP contribution in [0, 0.1) is 0 Å². The van der Waals surface area contributed by atoms with Gasteiger partial charge < -0.3 is 20.3 Å². The third kappa shape index (κ3) is 61.4. The van der Waals surface area contributed by atoms with Crippen molar-refractivity contribution in [2.45, 2.75) is 392 Å². The van der Waals surface area contributed by atoms with Gasteiger partial charge in [0.05, 0.1) is 25.4 Å². The molecule has 0 aliphatic rings. The Kier molecular flexibility index (Phi) is 63.4. The maximum Gasteiger partial charge on any atom is 0.305 e. The number of allylic oxidation sites excluding steroid dienone is 3. The van der Waals surface area contributed by atoms with E-state index < -0.39 is 12.1 Å². The van der Waals surface area contributed by atoms with Crippen molar-refractivity contribution in [3.63, 3.8) is 0 Å². The molecule has 0 saturated heterocycles. The van der Waals surface area contributed by atoms with Gasteiger partial charge in [0.25, 0.3) is 0 Å². The third-order valence-electron chi connectivity index (χ3n) is 16.0. The van der Waals surface area contributed by atoms with Crippen LogP contribution < -0.4 is 5.32 Å². The zero-order valence-electron chi connectivity index (χ0n) is 50.8. The fourth-order valence-electron chi connectivity index (χ4n) is 10.7. The number of unbranched alkanes of at least 4 members (excludes halogenated alkanes) is 51. The molecule has 444 valence electrons. The molecule has 0 heterocycles. The van der Waals surface area contributed by atoms with Gasteiger partial charge in [-0.05, 0) is 57.8 Å². The molecule has 0 saturated carbocycles. The average molecular weight is 1060 g/mol. The van der Waals surface area contributed by atoms with Crippen LogP contribution in [0.15, 0.2) is 24.3 Å². The smallest absolute Gasteiger partial charge is 0.305 e. The quantitative estimate of drug-likeness (QED) is 0.0320. The number of hydrogen-bond donors (Lipinski definition) is 3. The predicted octanol–water partition coefficient (Wildman–Crippen LogP) is 21.8. The van der Waals surface area contributed by atoms with Gasteiger partial charge in [-0.15, -0.1) is 0 Å². The first kappa shape index (κ1) is 73.3. The van der Waals surface area contributed by atoms with Gasteiger partial charge in [-0.3, -0.25) is 9.59 Å². The van der Waals surface area contributed by atoms with Crippen molar-refractivity contribution < 1.29 is 24.5 Å². The molecule has 0 aliphatic carbocycles. The van der Waals surface area contributed by atoms with E-state index >= 15 is 0 Å². The maximum absolute atomic E-state index is 12.5. The summed E-state index contributed by atoms with van der Waals surface area (Å²) in [4.78, 5) is 24.6. The number of aliphatic hydroxyl groups excluding tert-OH is 2. The third-order valence-corrected chi connectivity index (χ3v) is 16.0. The minimum Gasteiger partial charge on any atom is -0.466 e. The van der Waals surface area contributed by atoms with Gasteiger partial charge in [0.2, 0.25) is 5.91 Å². The lowest BCUT2D eigenvalue weighted by atomic mass is 10.0. The van der Waals surface area contributed by atoms with E-state index in [1.165, 1.54) is 308 Å². The van der Waals surface area contributed by atoms with Crippen molar-refractivity contribution in [2.75, 3.05) is 13.2 Å². The van der Waals surface area contributed by atoms with Crippen molar-refractivity contribution in [3.8, 4) is 0 Å². The Balaban J connectivity index is 3.42. The minimum atomic E-state index is -0.850. The monoisotopic (exact) mass is 1060 g/mol. The van der Waals surface area contributed by atoms with Crippen LogP contribution in [0.25, 0.3) is 0 Å². The van der Waals surface area contributed by atoms with Crippen molar-refractivity contribution in [1.29, 1.82) is 0 Å². The highest BCUT2D eigenvalue weighted by Crippen LogP contribution is 2.18. The van der Waals surface area contributed by atoms with Crippen LogP contribution in [0.3, 0.4) is 0 Å². The average Bonchev–Trinajstić information content (AvgIpc) is 3.41. The second-order valence-corrected chi connectivity index (χ2v) is 23.5. The Bertz CT molecular complexity index is 1170. The highest BCUT2D eigenvalue weighted by Gasteiger charge is 2.18. The Morgan fingerprint density at radius 2 is 0.627 bits per heavy atom. The van der Waals surface area contributed by atoms with Crippen LogP contribution in [-0.4, -0.2) is 47.4 Å². The normalized spacial score (nSPS) is 12.6. The van der Waals surface area contributed by atoms with Crippen molar-refractivity contribution in [2.24, 2.45) is 0 Å². The van der Waals surface area contributed by atoms with Crippen molar-refractivity contribution in [3.05, 3.63) is 24.3 Å². The summed E-state index contributed by atoms with van der Waals surface area (Å²) in [5, 5.41) is 23.2. The lowest BCUT2D eigenvalue weighted by molar-refractivity contribution is -0.143. The number of amides is 1. The molecular weight excluding hydrogens is 923 g/mol. The van der Waals surface area contributed by atoms with E-state index in [0.29, 0.717) is 19.4 Å². The maximum atomic E-state index is 12.5. The van der Waals surface area contributed by atoms with Gasteiger partial charge in [-0.1, -0.05) is 334 Å². The van der Waals surface area contributed by atoms with Crippen LogP contribution in [-0.2, 0) is 14.3 Å². The van der Waals surface area contributed by atoms with Crippen molar-refractivity contribution in [1.82, 2.24) is 5.32 Å². The predicted molar refractivity (Wildman–Crippen MR) is 329 cm³/mol. The molecule has 0 fully saturated rings. The van der Waals surface area contributed by atoms with Gasteiger partial charge in [-0.2, -0.15) is 0 Å². The van der Waals surface area contributed by atoms with Gasteiger partial charge in [-0.25, -0.2) is 0 Å². The van der Waals surface area contributed by atoms with Gasteiger partial charge in [0, 0.05) is 12.8 Å². The van der Waals surface area contributed by atoms with E-state index in [2.05, 4.69) is 31.3 Å². The number of ether oxygens (including phenoxy) is 1. The molecule has 0 bridgehead atoms. The molecule has 2 atom stereocenters. The number of aliphatic hydroxyl groups is 2. The fraction of sp³-hybridized carbons (Fsp3) is 0.913. The van der Waals surface area contributed by atoms with E-state index in [0.717, 1.165) is 44.9 Å². The number of hydrogen-bond acceptors (Lipinski definition) is 5. The number of rotatable bonds is 64. The molecule has 75 heavy (non-hydrogen) atoms. The van der Waals surface area contributed by atoms with Crippen LogP contribution in [0.4, 0.5) is 0 Å². The van der Waals surface area contributed by atoms with E-state index in [-0.39, 0.29) is 18.5 Å². The van der Waals surface area contributed by atoms with Gasteiger partial charge >= 0.3 is 5.97 Å². The van der Waals surface area contributed by atoms with Crippen LogP contribution >= 0.6 is 0 Å². The van der Waals surface area contributed by atoms with E-state index in [4.69, 9.17) is 4.74 Å². The number of nitrogens with one attached hydrogen (secondary N) is 1. The summed E-state index contributed by atoms with van der Waals surface area (Å²) in [7, 11) is 0. The summed E-state index contributed by atoms with van der Waals surface area (Å²) in [6.07, 6.45) is 81.0. The fourth-order valence-corrected chi connectivity index (χ4v) is 10.7. The lowest BCUT2D eigenvalue weighted by Crippen LogP contribution is -2.45. The summed E-state index contributed by atoms with van der Waals surface area (Å²) in [6, 6.07) is -0.634. The SMILES string of the molecule is CCCCCCCCCCCCCCCCCC/C=C/C(O)C(CO)NC(=O)CCCCCCCCC/C=C\CCCCCCCCCCCCOC(=O)CCCCCCCCCCCCCCCCCCCCC. The minimum absolute atomic E-state index is 0.0131. The Morgan fingerprint density at radius 1 is 0.360 bits per heavy atom. The summed E-state index contributed by atoms with van der Waals surface area (Å²) in [5.74, 6) is -0.0596. The number of esters is 1. The number of carbonyl (C=O) groups is 2. The molecule has 0 spiro atoms. The molecule has 0 aromatic rings. The summed E-state index contributed by atoms with van der Waals surface area (Å²) >= 11 is 0. The van der Waals surface area contributed by atoms with E-state index in [1.54, 1.807) is 6.08 Å². The molecule has 6 heteroatoms. The number of carbonyl (C=O) groups excluding carboxylic acids is 2. The zero-order valence-corrected chi connectivity index (χ0v) is 50.8. The highest BCUT2D eigenvalue weighted by molar-refractivity contribution is 5.76. The molecule has 0 aromatic heterocycles. The van der Waals surface area contributed by atoms with Crippen LogP contribution in [0.1, 0.15) is 380 Å².